The largest absolute Gasteiger partial charge is 0.352 e. The first-order valence-corrected chi connectivity index (χ1v) is 14.0. The van der Waals surface area contributed by atoms with E-state index >= 15 is 0 Å². The van der Waals surface area contributed by atoms with Crippen LogP contribution in [0.2, 0.25) is 0 Å². The standard InChI is InChI=1S/C25H34BrN3O4S/c1-6-19(4)27-25(31)23(7-2)28(16-20-10-8-18(3)9-11-20)24(30)17-29(34(5,32)33)22-14-12-21(26)13-15-22/h8-15,19,23H,6-7,16-17H2,1-5H3,(H,27,31)/t19-,23-/m0/s1. The molecular formula is C25H34BrN3O4S. The fourth-order valence-electron chi connectivity index (χ4n) is 3.47. The number of carbonyl (C=O) groups is 2. The maximum absolute atomic E-state index is 13.6. The first-order valence-electron chi connectivity index (χ1n) is 11.3. The van der Waals surface area contributed by atoms with Gasteiger partial charge in [-0.3, -0.25) is 13.9 Å². The molecule has 2 aromatic rings. The topological polar surface area (TPSA) is 86.8 Å². The van der Waals surface area contributed by atoms with E-state index in [2.05, 4.69) is 21.2 Å². The third kappa shape index (κ3) is 7.84. The van der Waals surface area contributed by atoms with E-state index in [0.717, 1.165) is 32.6 Å². The number of amides is 2. The van der Waals surface area contributed by atoms with Gasteiger partial charge in [-0.2, -0.15) is 0 Å². The zero-order chi connectivity index (χ0) is 25.5. The molecule has 0 bridgehead atoms. The van der Waals surface area contributed by atoms with Gasteiger partial charge in [-0.1, -0.05) is 59.6 Å². The molecule has 0 saturated heterocycles. The van der Waals surface area contributed by atoms with Crippen LogP contribution in [0.3, 0.4) is 0 Å². The minimum Gasteiger partial charge on any atom is -0.352 e. The molecule has 7 nitrogen and oxygen atoms in total. The second-order valence-electron chi connectivity index (χ2n) is 8.50. The summed E-state index contributed by atoms with van der Waals surface area (Å²) in [7, 11) is -3.74. The van der Waals surface area contributed by atoms with Crippen molar-refractivity contribution in [1.29, 1.82) is 0 Å². The SMILES string of the molecule is CC[C@H](C)NC(=O)[C@H](CC)N(Cc1ccc(C)cc1)C(=O)CN(c1ccc(Br)cc1)S(C)(=O)=O. The summed E-state index contributed by atoms with van der Waals surface area (Å²) < 4.78 is 27.1. The van der Waals surface area contributed by atoms with Crippen LogP contribution in [-0.4, -0.2) is 50.0 Å². The Morgan fingerprint density at radius 3 is 2.09 bits per heavy atom. The van der Waals surface area contributed by atoms with Crippen molar-refractivity contribution in [2.45, 2.75) is 59.2 Å². The minimum absolute atomic E-state index is 0.0341. The Kier molecular flexibility index (Phi) is 10.1. The molecule has 0 saturated carbocycles. The van der Waals surface area contributed by atoms with Crippen molar-refractivity contribution in [3.8, 4) is 0 Å². The lowest BCUT2D eigenvalue weighted by Crippen LogP contribution is -2.53. The molecule has 2 amide bonds. The van der Waals surface area contributed by atoms with E-state index in [1.165, 1.54) is 4.90 Å². The van der Waals surface area contributed by atoms with E-state index in [0.29, 0.717) is 12.1 Å². The molecule has 9 heteroatoms. The lowest BCUT2D eigenvalue weighted by atomic mass is 10.1. The van der Waals surface area contributed by atoms with E-state index in [9.17, 15) is 18.0 Å². The molecule has 0 aromatic heterocycles. The fourth-order valence-corrected chi connectivity index (χ4v) is 4.59. The molecule has 1 N–H and O–H groups in total. The van der Waals surface area contributed by atoms with Gasteiger partial charge in [0.05, 0.1) is 11.9 Å². The number of nitrogens with one attached hydrogen (secondary N) is 1. The van der Waals surface area contributed by atoms with Gasteiger partial charge < -0.3 is 10.2 Å². The Morgan fingerprint density at radius 2 is 1.59 bits per heavy atom. The molecule has 0 fully saturated rings. The predicted molar refractivity (Wildman–Crippen MR) is 140 cm³/mol. The number of benzene rings is 2. The molecule has 34 heavy (non-hydrogen) atoms. The number of carbonyl (C=O) groups excluding carboxylic acids is 2. The monoisotopic (exact) mass is 551 g/mol. The summed E-state index contributed by atoms with van der Waals surface area (Å²) in [6.07, 6.45) is 2.23. The molecular weight excluding hydrogens is 518 g/mol. The van der Waals surface area contributed by atoms with E-state index in [1.807, 2.05) is 52.0 Å². The molecule has 0 unspecified atom stereocenters. The summed E-state index contributed by atoms with van der Waals surface area (Å²) in [5.41, 5.74) is 2.33. The summed E-state index contributed by atoms with van der Waals surface area (Å²) in [4.78, 5) is 28.2. The highest BCUT2D eigenvalue weighted by Gasteiger charge is 2.32. The van der Waals surface area contributed by atoms with Crippen molar-refractivity contribution in [3.63, 3.8) is 0 Å². The molecule has 0 aliphatic heterocycles. The second-order valence-corrected chi connectivity index (χ2v) is 11.3. The van der Waals surface area contributed by atoms with E-state index in [-0.39, 0.29) is 18.5 Å². The van der Waals surface area contributed by atoms with E-state index in [4.69, 9.17) is 0 Å². The lowest BCUT2D eigenvalue weighted by molar-refractivity contribution is -0.140. The number of sulfonamides is 1. The van der Waals surface area contributed by atoms with Crippen molar-refractivity contribution in [1.82, 2.24) is 10.2 Å². The van der Waals surface area contributed by atoms with Crippen molar-refractivity contribution in [2.75, 3.05) is 17.1 Å². The van der Waals surface area contributed by atoms with Crippen LogP contribution in [0.15, 0.2) is 53.0 Å². The van der Waals surface area contributed by atoms with Gasteiger partial charge in [-0.25, -0.2) is 8.42 Å². The molecule has 2 aromatic carbocycles. The fraction of sp³-hybridized carbons (Fsp3) is 0.440. The number of rotatable bonds is 11. The predicted octanol–water partition coefficient (Wildman–Crippen LogP) is 4.25. The second kappa shape index (κ2) is 12.4. The van der Waals surface area contributed by atoms with Gasteiger partial charge in [0, 0.05) is 17.1 Å². The average molecular weight is 553 g/mol. The third-order valence-electron chi connectivity index (χ3n) is 5.65. The Balaban J connectivity index is 2.41. The van der Waals surface area contributed by atoms with E-state index in [1.54, 1.807) is 24.3 Å². The Hall–Kier alpha value is -2.39. The van der Waals surface area contributed by atoms with Crippen LogP contribution < -0.4 is 9.62 Å². The third-order valence-corrected chi connectivity index (χ3v) is 7.32. The summed E-state index contributed by atoms with van der Waals surface area (Å²) in [5.74, 6) is -0.688. The summed E-state index contributed by atoms with van der Waals surface area (Å²) in [6.45, 7) is 7.50. The van der Waals surface area contributed by atoms with Gasteiger partial charge in [0.2, 0.25) is 21.8 Å². The summed E-state index contributed by atoms with van der Waals surface area (Å²) in [5, 5.41) is 2.96. The molecule has 0 aliphatic carbocycles. The first kappa shape index (κ1) is 27.9. The average Bonchev–Trinajstić information content (AvgIpc) is 2.78. The number of halogens is 1. The Morgan fingerprint density at radius 1 is 1.00 bits per heavy atom. The van der Waals surface area contributed by atoms with Gasteiger partial charge in [-0.15, -0.1) is 0 Å². The summed E-state index contributed by atoms with van der Waals surface area (Å²) in [6, 6.07) is 13.7. The van der Waals surface area contributed by atoms with Gasteiger partial charge in [-0.05, 0) is 56.5 Å². The van der Waals surface area contributed by atoms with Crippen LogP contribution >= 0.6 is 15.9 Å². The van der Waals surface area contributed by atoms with Gasteiger partial charge >= 0.3 is 0 Å². The number of anilines is 1. The molecule has 0 spiro atoms. The number of aryl methyl sites for hydroxylation is 1. The van der Waals surface area contributed by atoms with Gasteiger partial charge in [0.1, 0.15) is 12.6 Å². The number of hydrogen-bond donors (Lipinski definition) is 1. The highest BCUT2D eigenvalue weighted by Crippen LogP contribution is 2.22. The van der Waals surface area contributed by atoms with Gasteiger partial charge in [0.15, 0.2) is 0 Å². The van der Waals surface area contributed by atoms with Crippen LogP contribution in [0.4, 0.5) is 5.69 Å². The number of nitrogens with zero attached hydrogens (tertiary/aromatic N) is 2. The normalized spacial score (nSPS) is 13.1. The van der Waals surface area contributed by atoms with Crippen molar-refractivity contribution >= 4 is 43.5 Å². The van der Waals surface area contributed by atoms with Crippen LogP contribution in [0, 0.1) is 6.92 Å². The molecule has 186 valence electrons. The molecule has 2 rings (SSSR count). The smallest absolute Gasteiger partial charge is 0.244 e. The lowest BCUT2D eigenvalue weighted by Gasteiger charge is -2.33. The van der Waals surface area contributed by atoms with Crippen molar-refractivity contribution < 1.29 is 18.0 Å². The molecule has 0 aliphatic rings. The van der Waals surface area contributed by atoms with Crippen LogP contribution in [0.25, 0.3) is 0 Å². The van der Waals surface area contributed by atoms with Crippen LogP contribution in [0.1, 0.15) is 44.7 Å². The maximum Gasteiger partial charge on any atom is 0.244 e. The Labute approximate surface area is 211 Å². The minimum atomic E-state index is -3.74. The van der Waals surface area contributed by atoms with Crippen LogP contribution in [-0.2, 0) is 26.2 Å². The van der Waals surface area contributed by atoms with Crippen LogP contribution in [0.5, 0.6) is 0 Å². The first-order chi connectivity index (χ1) is 16.0. The molecule has 0 radical (unpaired) electrons. The highest BCUT2D eigenvalue weighted by atomic mass is 79.9. The zero-order valence-corrected chi connectivity index (χ0v) is 22.8. The van der Waals surface area contributed by atoms with Gasteiger partial charge in [0.25, 0.3) is 0 Å². The van der Waals surface area contributed by atoms with E-state index < -0.39 is 28.5 Å². The molecule has 0 heterocycles. The van der Waals surface area contributed by atoms with Crippen molar-refractivity contribution in [2.24, 2.45) is 0 Å². The molecule has 2 atom stereocenters. The summed E-state index contributed by atoms with van der Waals surface area (Å²) >= 11 is 3.34. The number of hydrogen-bond acceptors (Lipinski definition) is 4. The Bertz CT molecular complexity index is 1070. The highest BCUT2D eigenvalue weighted by molar-refractivity contribution is 9.10. The maximum atomic E-state index is 13.6. The quantitative estimate of drug-likeness (QED) is 0.452. The van der Waals surface area contributed by atoms with Crippen molar-refractivity contribution in [3.05, 3.63) is 64.1 Å². The zero-order valence-electron chi connectivity index (χ0n) is 20.4.